The highest BCUT2D eigenvalue weighted by atomic mass is 31.1. The van der Waals surface area contributed by atoms with Gasteiger partial charge >= 0.3 is 0 Å². The van der Waals surface area contributed by atoms with Crippen molar-refractivity contribution in [2.24, 2.45) is 5.92 Å². The molecule has 0 amide bonds. The van der Waals surface area contributed by atoms with E-state index in [4.69, 9.17) is 0 Å². The van der Waals surface area contributed by atoms with Crippen LogP contribution in [-0.4, -0.2) is 35.9 Å². The van der Waals surface area contributed by atoms with E-state index in [0.717, 1.165) is 6.54 Å². The first-order valence-electron chi connectivity index (χ1n) is 6.87. The van der Waals surface area contributed by atoms with Gasteiger partial charge in [0.2, 0.25) is 0 Å². The van der Waals surface area contributed by atoms with E-state index in [9.17, 15) is 0 Å². The van der Waals surface area contributed by atoms with E-state index >= 15 is 0 Å². The van der Waals surface area contributed by atoms with Gasteiger partial charge in [0.15, 0.2) is 0 Å². The van der Waals surface area contributed by atoms with Gasteiger partial charge in [-0.1, -0.05) is 67.7 Å². The Hall–Kier alpha value is -0.130. The average molecular weight is 267 g/mol. The van der Waals surface area contributed by atoms with Gasteiger partial charge in [-0.3, -0.25) is 0 Å². The molecule has 0 bridgehead atoms. The van der Waals surface area contributed by atoms with Crippen molar-refractivity contribution in [3.8, 4) is 0 Å². The number of hydrogen-bond donors (Lipinski definition) is 0. The molecule has 1 aliphatic rings. The van der Waals surface area contributed by atoms with Crippen LogP contribution in [-0.2, 0) is 0 Å². The summed E-state index contributed by atoms with van der Waals surface area (Å²) in [5.74, 6) is 0.615. The quantitative estimate of drug-likeness (QED) is 0.670. The van der Waals surface area contributed by atoms with Crippen molar-refractivity contribution in [3.63, 3.8) is 0 Å². The second-order valence-corrected chi connectivity index (χ2v) is 11.4. The molecule has 0 aromatic heterocycles. The molecule has 1 unspecified atom stereocenters. The van der Waals surface area contributed by atoms with Gasteiger partial charge in [0.1, 0.15) is 0 Å². The van der Waals surface area contributed by atoms with Crippen LogP contribution in [0.25, 0.3) is 0 Å². The zero-order valence-electron chi connectivity index (χ0n) is 13.4. The summed E-state index contributed by atoms with van der Waals surface area (Å²) in [6.45, 7) is 15.5. The van der Waals surface area contributed by atoms with Crippen molar-refractivity contribution in [2.45, 2.75) is 51.9 Å². The Labute approximate surface area is 115 Å². The smallest absolute Gasteiger partial charge is 0.0153 e. The SMILES string of the molecule is CN(C)CC1C=CC=C1P(C(C)(C)C)C(C)(C)C. The summed E-state index contributed by atoms with van der Waals surface area (Å²) in [6, 6.07) is 0. The van der Waals surface area contributed by atoms with Gasteiger partial charge in [-0.25, -0.2) is 0 Å². The molecule has 0 saturated carbocycles. The van der Waals surface area contributed by atoms with Crippen LogP contribution in [0.15, 0.2) is 23.5 Å². The lowest BCUT2D eigenvalue weighted by Crippen LogP contribution is -2.29. The summed E-state index contributed by atoms with van der Waals surface area (Å²) < 4.78 is 0. The van der Waals surface area contributed by atoms with Gasteiger partial charge in [-0.2, -0.15) is 0 Å². The Bertz CT molecular complexity index is 325. The van der Waals surface area contributed by atoms with Crippen LogP contribution in [0.2, 0.25) is 0 Å². The highest BCUT2D eigenvalue weighted by Crippen LogP contribution is 2.67. The second-order valence-electron chi connectivity index (χ2n) is 7.52. The molecule has 0 heterocycles. The van der Waals surface area contributed by atoms with E-state index in [1.807, 2.05) is 0 Å². The predicted molar refractivity (Wildman–Crippen MR) is 85.7 cm³/mol. The van der Waals surface area contributed by atoms with Crippen LogP contribution in [0, 0.1) is 5.92 Å². The predicted octanol–water partition coefficient (Wildman–Crippen LogP) is 4.70. The minimum absolute atomic E-state index is 0.142. The van der Waals surface area contributed by atoms with Crippen LogP contribution in [0.3, 0.4) is 0 Å². The first kappa shape index (κ1) is 15.9. The van der Waals surface area contributed by atoms with Gasteiger partial charge < -0.3 is 4.90 Å². The Kier molecular flexibility index (Phi) is 4.84. The average Bonchev–Trinajstić information content (AvgIpc) is 2.46. The molecule has 0 saturated heterocycles. The third kappa shape index (κ3) is 3.93. The fraction of sp³-hybridized carbons (Fsp3) is 0.750. The summed E-state index contributed by atoms with van der Waals surface area (Å²) in [7, 11) is 4.19. The van der Waals surface area contributed by atoms with Crippen molar-refractivity contribution >= 4 is 7.92 Å². The second kappa shape index (κ2) is 5.47. The van der Waals surface area contributed by atoms with E-state index in [0.29, 0.717) is 16.2 Å². The van der Waals surface area contributed by atoms with Crippen molar-refractivity contribution < 1.29 is 0 Å². The number of rotatable bonds is 3. The number of hydrogen-bond acceptors (Lipinski definition) is 1. The normalized spacial score (nSPS) is 21.0. The van der Waals surface area contributed by atoms with Gasteiger partial charge in [0, 0.05) is 12.5 Å². The number of allylic oxidation sites excluding steroid dienone is 2. The zero-order chi connectivity index (χ0) is 14.1. The molecule has 1 atom stereocenters. The molecule has 2 heteroatoms. The molecule has 0 N–H and O–H groups in total. The van der Waals surface area contributed by atoms with Crippen LogP contribution >= 0.6 is 7.92 Å². The van der Waals surface area contributed by atoms with E-state index in [1.54, 1.807) is 5.31 Å². The molecule has 0 aliphatic heterocycles. The van der Waals surface area contributed by atoms with Crippen molar-refractivity contribution in [1.29, 1.82) is 0 Å². The Morgan fingerprint density at radius 1 is 1.06 bits per heavy atom. The summed E-state index contributed by atoms with van der Waals surface area (Å²) in [4.78, 5) is 2.30. The van der Waals surface area contributed by atoms with Crippen molar-refractivity contribution in [3.05, 3.63) is 23.5 Å². The molecular formula is C16H30NP. The molecule has 104 valence electrons. The highest BCUT2D eigenvalue weighted by molar-refractivity contribution is 7.65. The van der Waals surface area contributed by atoms with Crippen molar-refractivity contribution in [1.82, 2.24) is 4.90 Å². The minimum atomic E-state index is -0.142. The van der Waals surface area contributed by atoms with Crippen LogP contribution < -0.4 is 0 Å². The summed E-state index contributed by atoms with van der Waals surface area (Å²) >= 11 is 0. The third-order valence-corrected chi connectivity index (χ3v) is 6.83. The fourth-order valence-electron chi connectivity index (χ4n) is 3.08. The Morgan fingerprint density at radius 3 is 1.94 bits per heavy atom. The van der Waals surface area contributed by atoms with Gasteiger partial charge in [-0.05, 0) is 29.7 Å². The Morgan fingerprint density at radius 2 is 1.56 bits per heavy atom. The minimum Gasteiger partial charge on any atom is -0.308 e. The maximum absolute atomic E-state index is 2.40. The molecule has 1 aliphatic carbocycles. The maximum Gasteiger partial charge on any atom is 0.0153 e. The van der Waals surface area contributed by atoms with Crippen molar-refractivity contribution in [2.75, 3.05) is 20.6 Å². The molecule has 0 radical (unpaired) electrons. The molecule has 0 spiro atoms. The summed E-state index contributed by atoms with van der Waals surface area (Å²) in [5, 5.41) is 2.42. The van der Waals surface area contributed by atoms with Crippen LogP contribution in [0.4, 0.5) is 0 Å². The van der Waals surface area contributed by atoms with Gasteiger partial charge in [-0.15, -0.1) is 0 Å². The van der Waals surface area contributed by atoms with E-state index in [2.05, 4.69) is 78.8 Å². The summed E-state index contributed by atoms with van der Waals surface area (Å²) in [5.41, 5.74) is 0. The lowest BCUT2D eigenvalue weighted by Gasteiger charge is -2.44. The lowest BCUT2D eigenvalue weighted by atomic mass is 10.1. The van der Waals surface area contributed by atoms with E-state index in [-0.39, 0.29) is 7.92 Å². The summed E-state index contributed by atoms with van der Waals surface area (Å²) in [6.07, 6.45) is 7.02. The molecule has 0 aromatic carbocycles. The van der Waals surface area contributed by atoms with Gasteiger partial charge in [0.05, 0.1) is 0 Å². The van der Waals surface area contributed by atoms with Crippen LogP contribution in [0.1, 0.15) is 41.5 Å². The maximum atomic E-state index is 2.40. The van der Waals surface area contributed by atoms with E-state index in [1.165, 1.54) is 0 Å². The molecule has 0 aromatic rings. The standard InChI is InChI=1S/C16H30NP/c1-15(2,3)18(16(4,5)6)14-11-9-10-13(14)12-17(7)8/h9-11,13H,12H2,1-8H3. The van der Waals surface area contributed by atoms with Crippen LogP contribution in [0.5, 0.6) is 0 Å². The van der Waals surface area contributed by atoms with Gasteiger partial charge in [0.25, 0.3) is 0 Å². The fourth-order valence-corrected chi connectivity index (χ4v) is 7.38. The topological polar surface area (TPSA) is 3.24 Å². The monoisotopic (exact) mass is 267 g/mol. The third-order valence-electron chi connectivity index (χ3n) is 3.15. The van der Waals surface area contributed by atoms with E-state index < -0.39 is 0 Å². The molecule has 1 nitrogen and oxygen atoms in total. The number of nitrogens with zero attached hydrogens (tertiary/aromatic N) is 1. The molecular weight excluding hydrogens is 237 g/mol. The first-order chi connectivity index (χ1) is 8.03. The zero-order valence-corrected chi connectivity index (χ0v) is 14.3. The molecule has 18 heavy (non-hydrogen) atoms. The first-order valence-corrected chi connectivity index (χ1v) is 8.21. The molecule has 0 fully saturated rings. The lowest BCUT2D eigenvalue weighted by molar-refractivity contribution is 0.384. The Balaban J connectivity index is 3.02. The molecule has 1 rings (SSSR count). The largest absolute Gasteiger partial charge is 0.308 e. The highest BCUT2D eigenvalue weighted by Gasteiger charge is 2.39.